The normalized spacial score (nSPS) is 12.6. The molecule has 0 saturated heterocycles. The average Bonchev–Trinajstić information content (AvgIpc) is 2.66. The van der Waals surface area contributed by atoms with Gasteiger partial charge in [0.05, 0.1) is 0 Å². The number of nitrogens with one attached hydrogen (secondary N) is 1. The van der Waals surface area contributed by atoms with E-state index in [1.165, 1.54) is 28.8 Å². The molecule has 2 rings (SSSR count). The fraction of sp³-hybridized carbons (Fsp3) is 0.538. The van der Waals surface area contributed by atoms with Crippen LogP contribution in [0.5, 0.6) is 0 Å². The minimum atomic E-state index is 1.11. The second-order valence-corrected chi connectivity index (χ2v) is 3.47. The number of benzene rings is 1. The number of hydrogen-bond acceptors (Lipinski definition) is 1. The molecule has 0 fully saturated rings. The number of aryl methyl sites for hydroxylation is 2. The summed E-state index contributed by atoms with van der Waals surface area (Å²) in [4.78, 5) is 0. The van der Waals surface area contributed by atoms with Gasteiger partial charge in [0.1, 0.15) is 0 Å². The van der Waals surface area contributed by atoms with E-state index < -0.39 is 0 Å². The van der Waals surface area contributed by atoms with Gasteiger partial charge < -0.3 is 5.32 Å². The van der Waals surface area contributed by atoms with Crippen molar-refractivity contribution in [3.63, 3.8) is 0 Å². The van der Waals surface area contributed by atoms with Crippen molar-refractivity contribution in [2.45, 2.75) is 40.5 Å². The van der Waals surface area contributed by atoms with Gasteiger partial charge in [-0.3, -0.25) is 0 Å². The molecule has 1 aliphatic heterocycles. The zero-order valence-corrected chi connectivity index (χ0v) is 9.78. The fourth-order valence-corrected chi connectivity index (χ4v) is 1.89. The van der Waals surface area contributed by atoms with Gasteiger partial charge in [0.2, 0.25) is 0 Å². The maximum atomic E-state index is 3.39. The van der Waals surface area contributed by atoms with Gasteiger partial charge in [-0.1, -0.05) is 26.8 Å². The van der Waals surface area contributed by atoms with Gasteiger partial charge in [0.15, 0.2) is 0 Å². The smallest absolute Gasteiger partial charge is 0.0376 e. The molecule has 0 atom stereocenters. The van der Waals surface area contributed by atoms with Gasteiger partial charge in [-0.05, 0) is 42.5 Å². The van der Waals surface area contributed by atoms with Crippen LogP contribution in [0, 0.1) is 6.92 Å². The molecule has 0 aromatic heterocycles. The van der Waals surface area contributed by atoms with Crippen molar-refractivity contribution >= 4 is 5.69 Å². The zero-order chi connectivity index (χ0) is 10.6. The summed E-state index contributed by atoms with van der Waals surface area (Å²) in [6.45, 7) is 9.53. The first-order valence-electron chi connectivity index (χ1n) is 5.67. The molecule has 0 radical (unpaired) electrons. The lowest BCUT2D eigenvalue weighted by molar-refractivity contribution is 1.07. The van der Waals surface area contributed by atoms with E-state index in [4.69, 9.17) is 0 Å². The average molecular weight is 191 g/mol. The van der Waals surface area contributed by atoms with Crippen LogP contribution in [0.25, 0.3) is 0 Å². The Kier molecular flexibility index (Phi) is 3.99. The first-order chi connectivity index (χ1) is 6.81. The zero-order valence-electron chi connectivity index (χ0n) is 9.78. The predicted octanol–water partition coefficient (Wildman–Crippen LogP) is 3.55. The van der Waals surface area contributed by atoms with Gasteiger partial charge in [-0.15, -0.1) is 0 Å². The predicted molar refractivity (Wildman–Crippen MR) is 64.1 cm³/mol. The van der Waals surface area contributed by atoms with Crippen molar-refractivity contribution in [3.05, 3.63) is 28.8 Å². The Labute approximate surface area is 87.5 Å². The molecule has 1 aliphatic rings. The van der Waals surface area contributed by atoms with Crippen LogP contribution in [0.1, 0.15) is 37.5 Å². The van der Waals surface area contributed by atoms with Gasteiger partial charge in [0.25, 0.3) is 0 Å². The van der Waals surface area contributed by atoms with Crippen LogP contribution in [0.15, 0.2) is 12.1 Å². The van der Waals surface area contributed by atoms with E-state index in [0.717, 1.165) is 13.0 Å². The molecule has 1 nitrogen and oxygen atoms in total. The van der Waals surface area contributed by atoms with Crippen LogP contribution in [-0.4, -0.2) is 6.54 Å². The lowest BCUT2D eigenvalue weighted by Crippen LogP contribution is -1.92. The summed E-state index contributed by atoms with van der Waals surface area (Å²) in [6, 6.07) is 4.63. The third kappa shape index (κ3) is 2.09. The minimum absolute atomic E-state index is 1.11. The van der Waals surface area contributed by atoms with E-state index in [-0.39, 0.29) is 0 Å². The summed E-state index contributed by atoms with van der Waals surface area (Å²) >= 11 is 0. The molecule has 1 heterocycles. The number of anilines is 1. The van der Waals surface area contributed by atoms with Gasteiger partial charge in [0, 0.05) is 12.2 Å². The van der Waals surface area contributed by atoms with Crippen LogP contribution >= 0.6 is 0 Å². The molecule has 1 heteroatoms. The summed E-state index contributed by atoms with van der Waals surface area (Å²) in [6.07, 6.45) is 2.35. The third-order valence-corrected chi connectivity index (χ3v) is 2.65. The molecule has 0 spiro atoms. The SMILES string of the molecule is CC.CCc1cc2c(cc1C)NCC2. The third-order valence-electron chi connectivity index (χ3n) is 2.65. The summed E-state index contributed by atoms with van der Waals surface area (Å²) < 4.78 is 0. The first-order valence-corrected chi connectivity index (χ1v) is 5.67. The highest BCUT2D eigenvalue weighted by Crippen LogP contribution is 2.25. The van der Waals surface area contributed by atoms with Crippen molar-refractivity contribution in [2.24, 2.45) is 0 Å². The molecule has 78 valence electrons. The Bertz CT molecular complexity index is 302. The topological polar surface area (TPSA) is 12.0 Å². The quantitative estimate of drug-likeness (QED) is 0.715. The number of rotatable bonds is 1. The summed E-state index contributed by atoms with van der Waals surface area (Å²) in [5.41, 5.74) is 5.77. The summed E-state index contributed by atoms with van der Waals surface area (Å²) in [7, 11) is 0. The van der Waals surface area contributed by atoms with E-state index in [1.54, 1.807) is 0 Å². The molecule has 0 aliphatic carbocycles. The van der Waals surface area contributed by atoms with E-state index >= 15 is 0 Å². The molecule has 0 amide bonds. The number of fused-ring (bicyclic) bond motifs is 1. The van der Waals surface area contributed by atoms with E-state index in [2.05, 4.69) is 31.3 Å². The fourth-order valence-electron chi connectivity index (χ4n) is 1.89. The number of hydrogen-bond donors (Lipinski definition) is 1. The van der Waals surface area contributed by atoms with Crippen LogP contribution < -0.4 is 5.32 Å². The molecule has 0 saturated carbocycles. The lowest BCUT2D eigenvalue weighted by atomic mass is 10.0. The van der Waals surface area contributed by atoms with Crippen LogP contribution in [-0.2, 0) is 12.8 Å². The molecule has 14 heavy (non-hydrogen) atoms. The Balaban J connectivity index is 0.000000461. The van der Waals surface area contributed by atoms with Gasteiger partial charge in [-0.2, -0.15) is 0 Å². The van der Waals surface area contributed by atoms with Crippen molar-refractivity contribution in [2.75, 3.05) is 11.9 Å². The first kappa shape index (κ1) is 11.1. The molecular weight excluding hydrogens is 170 g/mol. The Morgan fingerprint density at radius 2 is 2.00 bits per heavy atom. The molecular formula is C13H21N. The van der Waals surface area contributed by atoms with Crippen LogP contribution in [0.3, 0.4) is 0 Å². The van der Waals surface area contributed by atoms with Crippen molar-refractivity contribution < 1.29 is 0 Å². The van der Waals surface area contributed by atoms with Crippen LogP contribution in [0.2, 0.25) is 0 Å². The molecule has 0 unspecified atom stereocenters. The van der Waals surface area contributed by atoms with E-state index in [9.17, 15) is 0 Å². The Hall–Kier alpha value is -0.980. The largest absolute Gasteiger partial charge is 0.384 e. The Morgan fingerprint density at radius 3 is 2.64 bits per heavy atom. The second kappa shape index (κ2) is 5.04. The summed E-state index contributed by atoms with van der Waals surface area (Å²) in [5.74, 6) is 0. The highest BCUT2D eigenvalue weighted by molar-refractivity contribution is 5.58. The van der Waals surface area contributed by atoms with Crippen molar-refractivity contribution in [1.29, 1.82) is 0 Å². The maximum absolute atomic E-state index is 3.39. The van der Waals surface area contributed by atoms with E-state index in [0.29, 0.717) is 0 Å². The monoisotopic (exact) mass is 191 g/mol. The molecule has 0 bridgehead atoms. The standard InChI is InChI=1S/C11H15N.C2H6/c1-3-9-7-10-4-5-12-11(10)6-8(9)2;1-2/h6-7,12H,3-5H2,1-2H3;1-2H3. The van der Waals surface area contributed by atoms with Crippen LogP contribution in [0.4, 0.5) is 5.69 Å². The van der Waals surface area contributed by atoms with E-state index in [1.807, 2.05) is 13.8 Å². The molecule has 1 aromatic carbocycles. The highest BCUT2D eigenvalue weighted by atomic mass is 14.9. The Morgan fingerprint density at radius 1 is 1.29 bits per heavy atom. The second-order valence-electron chi connectivity index (χ2n) is 3.47. The highest BCUT2D eigenvalue weighted by Gasteiger charge is 2.10. The summed E-state index contributed by atoms with van der Waals surface area (Å²) in [5, 5.41) is 3.39. The molecule has 1 N–H and O–H groups in total. The van der Waals surface area contributed by atoms with Gasteiger partial charge >= 0.3 is 0 Å². The lowest BCUT2D eigenvalue weighted by Gasteiger charge is -2.06. The van der Waals surface area contributed by atoms with Gasteiger partial charge in [-0.25, -0.2) is 0 Å². The maximum Gasteiger partial charge on any atom is 0.0376 e. The van der Waals surface area contributed by atoms with Crippen molar-refractivity contribution in [3.8, 4) is 0 Å². The molecule has 1 aromatic rings. The van der Waals surface area contributed by atoms with Crippen molar-refractivity contribution in [1.82, 2.24) is 0 Å². The minimum Gasteiger partial charge on any atom is -0.384 e.